The van der Waals surface area contributed by atoms with Gasteiger partial charge in [0.05, 0.1) is 0 Å². The molecule has 0 amide bonds. The highest BCUT2D eigenvalue weighted by Gasteiger charge is 2.10. The molecule has 0 radical (unpaired) electrons. The number of rotatable bonds is 4. The van der Waals surface area contributed by atoms with E-state index in [0.717, 1.165) is 0 Å². The molecule has 1 aromatic carbocycles. The van der Waals surface area contributed by atoms with Gasteiger partial charge in [0, 0.05) is 12.0 Å². The van der Waals surface area contributed by atoms with Gasteiger partial charge >= 0.3 is 0 Å². The van der Waals surface area contributed by atoms with Gasteiger partial charge in [0.25, 0.3) is 0 Å². The van der Waals surface area contributed by atoms with Crippen molar-refractivity contribution in [3.05, 3.63) is 35.1 Å². The Balaban J connectivity index is 2.96. The number of carbonyl (C=O) groups is 1. The average Bonchev–Trinajstić information content (AvgIpc) is 2.17. The normalized spacial score (nSPS) is 10.7. The highest BCUT2D eigenvalue weighted by atomic mass is 19.1. The van der Waals surface area contributed by atoms with Gasteiger partial charge in [0.1, 0.15) is 5.82 Å². The molecule has 0 atom stereocenters. The van der Waals surface area contributed by atoms with E-state index in [2.05, 4.69) is 0 Å². The first-order valence-corrected chi connectivity index (χ1v) is 5.09. The molecule has 0 bridgehead atoms. The molecule has 0 fully saturated rings. The molecule has 0 aliphatic carbocycles. The van der Waals surface area contributed by atoms with Gasteiger partial charge in [0.2, 0.25) is 0 Å². The third-order valence-corrected chi connectivity index (χ3v) is 2.32. The lowest BCUT2D eigenvalue weighted by Gasteiger charge is -2.08. The number of hydrogen-bond donors (Lipinski definition) is 1. The van der Waals surface area contributed by atoms with Crippen LogP contribution in [0.1, 0.15) is 42.1 Å². The SMILES string of the molecule is CC(C)c1ccc(C(=O)CCN)cc1F. The van der Waals surface area contributed by atoms with E-state index in [4.69, 9.17) is 5.73 Å². The highest BCUT2D eigenvalue weighted by Crippen LogP contribution is 2.19. The zero-order valence-electron chi connectivity index (χ0n) is 9.09. The van der Waals surface area contributed by atoms with Gasteiger partial charge in [0.15, 0.2) is 5.78 Å². The molecular formula is C12H16FNO. The molecule has 0 heterocycles. The van der Waals surface area contributed by atoms with Gasteiger partial charge in [-0.2, -0.15) is 0 Å². The number of hydrogen-bond acceptors (Lipinski definition) is 2. The summed E-state index contributed by atoms with van der Waals surface area (Å²) in [6.45, 7) is 4.13. The molecule has 0 aromatic heterocycles. The van der Waals surface area contributed by atoms with E-state index < -0.39 is 0 Å². The molecule has 0 aliphatic rings. The van der Waals surface area contributed by atoms with Crippen molar-refractivity contribution in [3.63, 3.8) is 0 Å². The maximum atomic E-state index is 13.5. The van der Waals surface area contributed by atoms with Crippen LogP contribution in [0.5, 0.6) is 0 Å². The zero-order valence-corrected chi connectivity index (χ0v) is 9.09. The van der Waals surface area contributed by atoms with Gasteiger partial charge in [-0.05, 0) is 24.1 Å². The predicted octanol–water partition coefficient (Wildman–Crippen LogP) is 2.48. The minimum Gasteiger partial charge on any atom is -0.330 e. The topological polar surface area (TPSA) is 43.1 Å². The van der Waals surface area contributed by atoms with Gasteiger partial charge in [-0.1, -0.05) is 26.0 Å². The molecule has 0 unspecified atom stereocenters. The zero-order chi connectivity index (χ0) is 11.4. The molecule has 1 rings (SSSR count). The monoisotopic (exact) mass is 209 g/mol. The van der Waals surface area contributed by atoms with Crippen molar-refractivity contribution in [2.45, 2.75) is 26.2 Å². The van der Waals surface area contributed by atoms with Gasteiger partial charge in [-0.15, -0.1) is 0 Å². The van der Waals surface area contributed by atoms with E-state index in [1.807, 2.05) is 13.8 Å². The Morgan fingerprint density at radius 2 is 2.13 bits per heavy atom. The fourth-order valence-electron chi connectivity index (χ4n) is 1.44. The number of ketones is 1. The lowest BCUT2D eigenvalue weighted by Crippen LogP contribution is -2.08. The summed E-state index contributed by atoms with van der Waals surface area (Å²) >= 11 is 0. The number of carbonyl (C=O) groups excluding carboxylic acids is 1. The largest absolute Gasteiger partial charge is 0.330 e. The Morgan fingerprint density at radius 1 is 1.47 bits per heavy atom. The summed E-state index contributed by atoms with van der Waals surface area (Å²) in [4.78, 5) is 11.4. The van der Waals surface area contributed by atoms with Crippen LogP contribution in [0.4, 0.5) is 4.39 Å². The molecule has 2 N–H and O–H groups in total. The van der Waals surface area contributed by atoms with E-state index in [-0.39, 0.29) is 23.9 Å². The maximum Gasteiger partial charge on any atom is 0.164 e. The molecule has 1 aromatic rings. The summed E-state index contributed by atoms with van der Waals surface area (Å²) < 4.78 is 13.5. The van der Waals surface area contributed by atoms with Crippen LogP contribution < -0.4 is 5.73 Å². The number of nitrogens with two attached hydrogens (primary N) is 1. The molecule has 15 heavy (non-hydrogen) atoms. The Kier molecular flexibility index (Phi) is 3.97. The van der Waals surface area contributed by atoms with Gasteiger partial charge < -0.3 is 5.73 Å². The van der Waals surface area contributed by atoms with Crippen molar-refractivity contribution in [1.29, 1.82) is 0 Å². The number of halogens is 1. The quantitative estimate of drug-likeness (QED) is 0.774. The van der Waals surface area contributed by atoms with Crippen LogP contribution in [-0.4, -0.2) is 12.3 Å². The van der Waals surface area contributed by atoms with Crippen LogP contribution in [0.15, 0.2) is 18.2 Å². The minimum atomic E-state index is -0.312. The second-order valence-corrected chi connectivity index (χ2v) is 3.85. The molecule has 82 valence electrons. The third kappa shape index (κ3) is 2.86. The van der Waals surface area contributed by atoms with Crippen molar-refractivity contribution in [2.75, 3.05) is 6.54 Å². The third-order valence-electron chi connectivity index (χ3n) is 2.32. The predicted molar refractivity (Wildman–Crippen MR) is 58.5 cm³/mol. The van der Waals surface area contributed by atoms with Crippen LogP contribution in [0.25, 0.3) is 0 Å². The fourth-order valence-corrected chi connectivity index (χ4v) is 1.44. The standard InChI is InChI=1S/C12H16FNO/c1-8(2)10-4-3-9(7-11(10)13)12(15)5-6-14/h3-4,7-8H,5-6,14H2,1-2H3. The molecule has 0 spiro atoms. The first-order chi connectivity index (χ1) is 7.06. The average molecular weight is 209 g/mol. The maximum absolute atomic E-state index is 13.5. The summed E-state index contributed by atoms with van der Waals surface area (Å²) in [5, 5.41) is 0. The second kappa shape index (κ2) is 5.03. The summed E-state index contributed by atoms with van der Waals surface area (Å²) in [5.74, 6) is -0.289. The van der Waals surface area contributed by atoms with Gasteiger partial charge in [-0.3, -0.25) is 4.79 Å². The molecule has 0 saturated carbocycles. The summed E-state index contributed by atoms with van der Waals surface area (Å²) in [6, 6.07) is 4.63. The van der Waals surface area contributed by atoms with Crippen molar-refractivity contribution < 1.29 is 9.18 Å². The van der Waals surface area contributed by atoms with Gasteiger partial charge in [-0.25, -0.2) is 4.39 Å². The minimum absolute atomic E-state index is 0.105. The Morgan fingerprint density at radius 3 is 2.60 bits per heavy atom. The Labute approximate surface area is 89.3 Å². The lowest BCUT2D eigenvalue weighted by molar-refractivity contribution is 0.0985. The van der Waals surface area contributed by atoms with E-state index in [0.29, 0.717) is 17.7 Å². The lowest BCUT2D eigenvalue weighted by atomic mass is 9.99. The Bertz CT molecular complexity index is 361. The summed E-state index contributed by atoms with van der Waals surface area (Å²) in [5.41, 5.74) is 6.31. The first-order valence-electron chi connectivity index (χ1n) is 5.09. The summed E-state index contributed by atoms with van der Waals surface area (Å²) in [6.07, 6.45) is 0.264. The van der Waals surface area contributed by atoms with Crippen LogP contribution in [0.2, 0.25) is 0 Å². The Hall–Kier alpha value is -1.22. The van der Waals surface area contributed by atoms with Crippen LogP contribution in [0.3, 0.4) is 0 Å². The smallest absolute Gasteiger partial charge is 0.164 e. The molecule has 0 aliphatic heterocycles. The van der Waals surface area contributed by atoms with Crippen molar-refractivity contribution in [1.82, 2.24) is 0 Å². The van der Waals surface area contributed by atoms with Crippen LogP contribution in [0, 0.1) is 5.82 Å². The van der Waals surface area contributed by atoms with Crippen molar-refractivity contribution >= 4 is 5.78 Å². The van der Waals surface area contributed by atoms with Crippen molar-refractivity contribution in [2.24, 2.45) is 5.73 Å². The van der Waals surface area contributed by atoms with Crippen LogP contribution >= 0.6 is 0 Å². The second-order valence-electron chi connectivity index (χ2n) is 3.85. The number of benzene rings is 1. The van der Waals surface area contributed by atoms with E-state index in [1.54, 1.807) is 12.1 Å². The van der Waals surface area contributed by atoms with E-state index >= 15 is 0 Å². The van der Waals surface area contributed by atoms with E-state index in [1.165, 1.54) is 6.07 Å². The molecule has 0 saturated heterocycles. The number of Topliss-reactive ketones (excluding diaryl/α,β-unsaturated/α-hetero) is 1. The fraction of sp³-hybridized carbons (Fsp3) is 0.417. The first kappa shape index (κ1) is 11.9. The van der Waals surface area contributed by atoms with E-state index in [9.17, 15) is 9.18 Å². The molecule has 2 nitrogen and oxygen atoms in total. The molecular weight excluding hydrogens is 193 g/mol. The van der Waals surface area contributed by atoms with Crippen LogP contribution in [-0.2, 0) is 0 Å². The van der Waals surface area contributed by atoms with Crippen molar-refractivity contribution in [3.8, 4) is 0 Å². The highest BCUT2D eigenvalue weighted by molar-refractivity contribution is 5.96. The summed E-state index contributed by atoms with van der Waals surface area (Å²) in [7, 11) is 0. The molecule has 3 heteroatoms.